The highest BCUT2D eigenvalue weighted by Crippen LogP contribution is 2.20. The van der Waals surface area contributed by atoms with Crippen LogP contribution in [0.1, 0.15) is 28.9 Å². The van der Waals surface area contributed by atoms with Crippen LogP contribution in [0.5, 0.6) is 5.75 Å². The number of carbonyl (C=O) groups excluding carboxylic acids is 1. The number of hydrogen-bond donors (Lipinski definition) is 0. The quantitative estimate of drug-likeness (QED) is 0.633. The molecule has 0 fully saturated rings. The molecule has 3 aromatic rings. The summed E-state index contributed by atoms with van der Waals surface area (Å²) in [5.74, 6) is -2.57. The SMILES string of the molecule is CCN(Cc1ccncc1)C(=O)c1coc(COc2cccc(F)c2F)n1. The highest BCUT2D eigenvalue weighted by Gasteiger charge is 2.19. The third-order valence-electron chi connectivity index (χ3n) is 3.83. The lowest BCUT2D eigenvalue weighted by Crippen LogP contribution is -2.30. The number of pyridine rings is 1. The van der Waals surface area contributed by atoms with Crippen molar-refractivity contribution in [2.45, 2.75) is 20.1 Å². The summed E-state index contributed by atoms with van der Waals surface area (Å²) in [6, 6.07) is 7.26. The summed E-state index contributed by atoms with van der Waals surface area (Å²) in [5.41, 5.74) is 1.05. The predicted molar refractivity (Wildman–Crippen MR) is 91.8 cm³/mol. The van der Waals surface area contributed by atoms with Gasteiger partial charge in [-0.25, -0.2) is 9.37 Å². The summed E-state index contributed by atoms with van der Waals surface area (Å²) >= 11 is 0. The van der Waals surface area contributed by atoms with Crippen molar-refractivity contribution < 1.29 is 22.7 Å². The Bertz CT molecular complexity index is 916. The Morgan fingerprint density at radius 1 is 1.22 bits per heavy atom. The third-order valence-corrected chi connectivity index (χ3v) is 3.83. The van der Waals surface area contributed by atoms with E-state index in [4.69, 9.17) is 9.15 Å². The molecule has 1 amide bonds. The average molecular weight is 373 g/mol. The molecule has 8 heteroatoms. The summed E-state index contributed by atoms with van der Waals surface area (Å²) in [6.45, 7) is 2.51. The minimum atomic E-state index is -1.09. The first-order valence-corrected chi connectivity index (χ1v) is 8.28. The Kier molecular flexibility index (Phi) is 5.75. The van der Waals surface area contributed by atoms with Crippen LogP contribution in [0.25, 0.3) is 0 Å². The molecule has 3 rings (SSSR count). The highest BCUT2D eigenvalue weighted by molar-refractivity contribution is 5.91. The van der Waals surface area contributed by atoms with Crippen molar-refractivity contribution in [3.05, 3.63) is 77.8 Å². The van der Waals surface area contributed by atoms with Gasteiger partial charge in [0, 0.05) is 25.5 Å². The average Bonchev–Trinajstić information content (AvgIpc) is 3.16. The van der Waals surface area contributed by atoms with E-state index in [1.54, 1.807) is 17.3 Å². The van der Waals surface area contributed by atoms with E-state index in [-0.39, 0.29) is 29.8 Å². The molecule has 0 spiro atoms. The predicted octanol–water partition coefficient (Wildman–Crippen LogP) is 3.59. The Hall–Kier alpha value is -3.29. The largest absolute Gasteiger partial charge is 0.481 e. The Balaban J connectivity index is 1.65. The number of oxazole rings is 1. The molecule has 0 aliphatic carbocycles. The van der Waals surface area contributed by atoms with E-state index >= 15 is 0 Å². The maximum Gasteiger partial charge on any atom is 0.276 e. The van der Waals surface area contributed by atoms with Crippen molar-refractivity contribution in [1.29, 1.82) is 0 Å². The van der Waals surface area contributed by atoms with Gasteiger partial charge in [-0.15, -0.1) is 0 Å². The first kappa shape index (κ1) is 18.5. The van der Waals surface area contributed by atoms with Gasteiger partial charge in [-0.3, -0.25) is 9.78 Å². The lowest BCUT2D eigenvalue weighted by molar-refractivity contribution is 0.0746. The lowest BCUT2D eigenvalue weighted by Gasteiger charge is -2.19. The zero-order valence-electron chi connectivity index (χ0n) is 14.6. The molecule has 0 bridgehead atoms. The molecule has 140 valence electrons. The molecule has 0 aliphatic heterocycles. The highest BCUT2D eigenvalue weighted by atomic mass is 19.2. The molecule has 6 nitrogen and oxygen atoms in total. The molecule has 0 N–H and O–H groups in total. The van der Waals surface area contributed by atoms with E-state index in [0.717, 1.165) is 11.6 Å². The monoisotopic (exact) mass is 373 g/mol. The van der Waals surface area contributed by atoms with Crippen molar-refractivity contribution >= 4 is 5.91 Å². The molecule has 2 heterocycles. The van der Waals surface area contributed by atoms with Gasteiger partial charge < -0.3 is 14.1 Å². The van der Waals surface area contributed by atoms with Crippen molar-refractivity contribution in [2.75, 3.05) is 6.54 Å². The molecule has 1 aromatic carbocycles. The molecule has 0 saturated carbocycles. The van der Waals surface area contributed by atoms with Crippen LogP contribution in [0.15, 0.2) is 53.4 Å². The van der Waals surface area contributed by atoms with Gasteiger partial charge in [0.15, 0.2) is 23.9 Å². The Labute approximate surface area is 154 Å². The van der Waals surface area contributed by atoms with Gasteiger partial charge in [-0.05, 0) is 36.8 Å². The maximum absolute atomic E-state index is 13.6. The van der Waals surface area contributed by atoms with E-state index in [2.05, 4.69) is 9.97 Å². The van der Waals surface area contributed by atoms with Gasteiger partial charge >= 0.3 is 0 Å². The van der Waals surface area contributed by atoms with Crippen LogP contribution < -0.4 is 4.74 Å². The zero-order chi connectivity index (χ0) is 19.2. The van der Waals surface area contributed by atoms with Crippen molar-refractivity contribution in [1.82, 2.24) is 14.9 Å². The third kappa shape index (κ3) is 4.46. The number of hydrogen-bond acceptors (Lipinski definition) is 5. The molecule has 0 saturated heterocycles. The van der Waals surface area contributed by atoms with E-state index in [0.29, 0.717) is 13.1 Å². The van der Waals surface area contributed by atoms with Crippen LogP contribution >= 0.6 is 0 Å². The van der Waals surface area contributed by atoms with Gasteiger partial charge in [0.1, 0.15) is 6.26 Å². The van der Waals surface area contributed by atoms with E-state index in [1.807, 2.05) is 19.1 Å². The number of halogens is 2. The fourth-order valence-corrected chi connectivity index (χ4v) is 2.41. The van der Waals surface area contributed by atoms with Gasteiger partial charge in [0.25, 0.3) is 5.91 Å². The number of aromatic nitrogens is 2. The number of amides is 1. The number of carbonyl (C=O) groups is 1. The summed E-state index contributed by atoms with van der Waals surface area (Å²) in [7, 11) is 0. The standard InChI is InChI=1S/C19H17F2N3O3/c1-2-24(10-13-6-8-22-9-7-13)19(25)15-11-27-17(23-15)12-26-16-5-3-4-14(20)18(16)21/h3-9,11H,2,10,12H2,1H3. The minimum Gasteiger partial charge on any atom is -0.481 e. The number of rotatable bonds is 7. The first-order valence-electron chi connectivity index (χ1n) is 8.28. The molecule has 27 heavy (non-hydrogen) atoms. The smallest absolute Gasteiger partial charge is 0.276 e. The van der Waals surface area contributed by atoms with Crippen LogP contribution in [0.3, 0.4) is 0 Å². The van der Waals surface area contributed by atoms with Crippen LogP contribution in [0.4, 0.5) is 8.78 Å². The van der Waals surface area contributed by atoms with E-state index in [1.165, 1.54) is 18.4 Å². The lowest BCUT2D eigenvalue weighted by atomic mass is 10.2. The fraction of sp³-hybridized carbons (Fsp3) is 0.211. The fourth-order valence-electron chi connectivity index (χ4n) is 2.41. The van der Waals surface area contributed by atoms with Crippen molar-refractivity contribution in [3.63, 3.8) is 0 Å². The Morgan fingerprint density at radius 2 is 2.00 bits per heavy atom. The van der Waals surface area contributed by atoms with E-state index in [9.17, 15) is 13.6 Å². The molecule has 0 radical (unpaired) electrons. The maximum atomic E-state index is 13.6. The zero-order valence-corrected chi connectivity index (χ0v) is 14.6. The summed E-state index contributed by atoms with van der Waals surface area (Å²) in [4.78, 5) is 22.2. The number of ether oxygens (including phenoxy) is 1. The molecule has 0 atom stereocenters. The van der Waals surface area contributed by atoms with Gasteiger partial charge in [0.2, 0.25) is 11.7 Å². The Morgan fingerprint density at radius 3 is 2.74 bits per heavy atom. The molecule has 0 unspecified atom stereocenters. The summed E-state index contributed by atoms with van der Waals surface area (Å²) in [6.07, 6.45) is 4.54. The van der Waals surface area contributed by atoms with Crippen LogP contribution in [-0.2, 0) is 13.2 Å². The van der Waals surface area contributed by atoms with Gasteiger partial charge in [0.05, 0.1) is 0 Å². The van der Waals surface area contributed by atoms with Crippen LogP contribution in [-0.4, -0.2) is 27.3 Å². The van der Waals surface area contributed by atoms with Crippen LogP contribution in [0, 0.1) is 11.6 Å². The molecular formula is C19H17F2N3O3. The summed E-state index contributed by atoms with van der Waals surface area (Å²) in [5, 5.41) is 0. The minimum absolute atomic E-state index is 0.0852. The van der Waals surface area contributed by atoms with Crippen molar-refractivity contribution in [2.24, 2.45) is 0 Å². The van der Waals surface area contributed by atoms with Gasteiger partial charge in [-0.1, -0.05) is 6.07 Å². The second-order valence-corrected chi connectivity index (χ2v) is 5.64. The number of nitrogens with zero attached hydrogens (tertiary/aromatic N) is 3. The van der Waals surface area contributed by atoms with Crippen LogP contribution in [0.2, 0.25) is 0 Å². The second kappa shape index (κ2) is 8.39. The normalized spacial score (nSPS) is 10.6. The topological polar surface area (TPSA) is 68.5 Å². The first-order chi connectivity index (χ1) is 13.1. The van der Waals surface area contributed by atoms with E-state index < -0.39 is 11.6 Å². The molecule has 2 aromatic heterocycles. The molecule has 0 aliphatic rings. The number of benzene rings is 1. The van der Waals surface area contributed by atoms with Crippen molar-refractivity contribution in [3.8, 4) is 5.75 Å². The summed E-state index contributed by atoms with van der Waals surface area (Å²) < 4.78 is 37.1. The van der Waals surface area contributed by atoms with Gasteiger partial charge in [-0.2, -0.15) is 4.39 Å². The molecular weight excluding hydrogens is 356 g/mol. The second-order valence-electron chi connectivity index (χ2n) is 5.64.